The standard InChI is InChI=1S/C20H28N4O/c1-15-11-19(16(2)24(15)14-18-8-4-5-9-22-18)20(25)23-10-6-7-17(13-23)12-21-3/h4-5,8-9,11,17,21H,6-7,10,12-14H2,1-3H3. The number of aromatic nitrogens is 2. The third-order valence-corrected chi connectivity index (χ3v) is 5.15. The second-order valence-corrected chi connectivity index (χ2v) is 7.01. The van der Waals surface area contributed by atoms with Gasteiger partial charge in [0.2, 0.25) is 0 Å². The molecule has 0 aromatic carbocycles. The number of carbonyl (C=O) groups excluding carboxylic acids is 1. The van der Waals surface area contributed by atoms with E-state index in [4.69, 9.17) is 0 Å². The normalized spacial score (nSPS) is 17.7. The van der Waals surface area contributed by atoms with Gasteiger partial charge in [0.25, 0.3) is 5.91 Å². The van der Waals surface area contributed by atoms with Gasteiger partial charge in [0.1, 0.15) is 0 Å². The van der Waals surface area contributed by atoms with Crippen LogP contribution in [0.2, 0.25) is 0 Å². The molecule has 1 atom stereocenters. The molecule has 5 heteroatoms. The molecular formula is C20H28N4O. The van der Waals surface area contributed by atoms with Gasteiger partial charge in [0.05, 0.1) is 17.8 Å². The molecule has 3 heterocycles. The summed E-state index contributed by atoms with van der Waals surface area (Å²) in [7, 11) is 1.98. The molecule has 3 rings (SSSR count). The number of hydrogen-bond donors (Lipinski definition) is 1. The minimum Gasteiger partial charge on any atom is -0.342 e. The lowest BCUT2D eigenvalue weighted by molar-refractivity contribution is 0.0673. The zero-order valence-electron chi connectivity index (χ0n) is 15.5. The summed E-state index contributed by atoms with van der Waals surface area (Å²) in [4.78, 5) is 19.5. The van der Waals surface area contributed by atoms with Crippen LogP contribution in [0.4, 0.5) is 0 Å². The summed E-state index contributed by atoms with van der Waals surface area (Å²) in [5, 5.41) is 3.24. The van der Waals surface area contributed by atoms with E-state index in [1.807, 2.05) is 49.3 Å². The fraction of sp³-hybridized carbons (Fsp3) is 0.500. The van der Waals surface area contributed by atoms with E-state index < -0.39 is 0 Å². The Balaban J connectivity index is 1.78. The van der Waals surface area contributed by atoms with Crippen LogP contribution in [-0.2, 0) is 6.54 Å². The average molecular weight is 340 g/mol. The lowest BCUT2D eigenvalue weighted by Crippen LogP contribution is -2.42. The molecule has 1 aliphatic rings. The Morgan fingerprint density at radius 2 is 2.20 bits per heavy atom. The molecule has 0 saturated carbocycles. The van der Waals surface area contributed by atoms with Gasteiger partial charge in [0, 0.05) is 30.7 Å². The van der Waals surface area contributed by atoms with E-state index in [1.54, 1.807) is 0 Å². The molecule has 0 spiro atoms. The second kappa shape index (κ2) is 7.83. The van der Waals surface area contributed by atoms with E-state index in [-0.39, 0.29) is 5.91 Å². The van der Waals surface area contributed by atoms with Crippen molar-refractivity contribution in [3.63, 3.8) is 0 Å². The van der Waals surface area contributed by atoms with E-state index in [0.717, 1.165) is 48.7 Å². The van der Waals surface area contributed by atoms with Gasteiger partial charge in [-0.15, -0.1) is 0 Å². The van der Waals surface area contributed by atoms with Crippen LogP contribution < -0.4 is 5.32 Å². The topological polar surface area (TPSA) is 50.2 Å². The molecule has 134 valence electrons. The van der Waals surface area contributed by atoms with E-state index in [2.05, 4.69) is 21.8 Å². The Kier molecular flexibility index (Phi) is 5.53. The number of nitrogens with zero attached hydrogens (tertiary/aromatic N) is 3. The van der Waals surface area contributed by atoms with Crippen LogP contribution in [-0.4, -0.2) is 47.0 Å². The molecule has 1 N–H and O–H groups in total. The predicted octanol–water partition coefficient (Wildman–Crippen LogP) is 2.62. The van der Waals surface area contributed by atoms with Crippen molar-refractivity contribution in [2.45, 2.75) is 33.2 Å². The highest BCUT2D eigenvalue weighted by molar-refractivity contribution is 5.95. The summed E-state index contributed by atoms with van der Waals surface area (Å²) in [6, 6.07) is 7.97. The fourth-order valence-corrected chi connectivity index (χ4v) is 3.79. The first-order valence-electron chi connectivity index (χ1n) is 9.10. The Hall–Kier alpha value is -2.14. The summed E-state index contributed by atoms with van der Waals surface area (Å²) < 4.78 is 2.19. The first-order valence-corrected chi connectivity index (χ1v) is 9.10. The molecule has 0 aliphatic carbocycles. The molecule has 1 unspecified atom stereocenters. The van der Waals surface area contributed by atoms with Gasteiger partial charge in [-0.3, -0.25) is 9.78 Å². The summed E-state index contributed by atoms with van der Waals surface area (Å²) in [6.45, 7) is 7.49. The molecule has 25 heavy (non-hydrogen) atoms. The molecule has 0 radical (unpaired) electrons. The Morgan fingerprint density at radius 3 is 2.92 bits per heavy atom. The zero-order chi connectivity index (χ0) is 17.8. The first kappa shape index (κ1) is 17.7. The van der Waals surface area contributed by atoms with Crippen LogP contribution >= 0.6 is 0 Å². The summed E-state index contributed by atoms with van der Waals surface area (Å²) in [6.07, 6.45) is 4.10. The van der Waals surface area contributed by atoms with Crippen LogP contribution in [0.3, 0.4) is 0 Å². The maximum atomic E-state index is 13.1. The number of aryl methyl sites for hydroxylation is 1. The van der Waals surface area contributed by atoms with Crippen molar-refractivity contribution < 1.29 is 4.79 Å². The highest BCUT2D eigenvalue weighted by atomic mass is 16.2. The Morgan fingerprint density at radius 1 is 1.36 bits per heavy atom. The van der Waals surface area contributed by atoms with E-state index in [1.165, 1.54) is 6.42 Å². The highest BCUT2D eigenvalue weighted by Gasteiger charge is 2.26. The molecule has 1 saturated heterocycles. The smallest absolute Gasteiger partial charge is 0.255 e. The number of hydrogen-bond acceptors (Lipinski definition) is 3. The molecule has 1 amide bonds. The van der Waals surface area contributed by atoms with Crippen molar-refractivity contribution in [1.29, 1.82) is 0 Å². The summed E-state index contributed by atoms with van der Waals surface area (Å²) in [5.74, 6) is 0.723. The van der Waals surface area contributed by atoms with Crippen LogP contribution in [0.5, 0.6) is 0 Å². The van der Waals surface area contributed by atoms with Gasteiger partial charge in [0.15, 0.2) is 0 Å². The zero-order valence-corrected chi connectivity index (χ0v) is 15.5. The number of rotatable bonds is 5. The van der Waals surface area contributed by atoms with Crippen molar-refractivity contribution in [2.24, 2.45) is 5.92 Å². The van der Waals surface area contributed by atoms with Gasteiger partial charge in [-0.25, -0.2) is 0 Å². The summed E-state index contributed by atoms with van der Waals surface area (Å²) >= 11 is 0. The largest absolute Gasteiger partial charge is 0.342 e. The molecular weight excluding hydrogens is 312 g/mol. The maximum Gasteiger partial charge on any atom is 0.255 e. The Labute approximate surface area is 150 Å². The minimum atomic E-state index is 0.168. The number of piperidine rings is 1. The van der Waals surface area contributed by atoms with Crippen LogP contribution in [0.25, 0.3) is 0 Å². The number of nitrogens with one attached hydrogen (secondary N) is 1. The van der Waals surface area contributed by atoms with Crippen LogP contribution in [0, 0.1) is 19.8 Å². The molecule has 0 bridgehead atoms. The van der Waals surface area contributed by atoms with E-state index in [9.17, 15) is 4.79 Å². The lowest BCUT2D eigenvalue weighted by atomic mass is 9.97. The van der Waals surface area contributed by atoms with Gasteiger partial charge in [-0.05, 0) is 64.4 Å². The Bertz CT molecular complexity index is 721. The third-order valence-electron chi connectivity index (χ3n) is 5.15. The van der Waals surface area contributed by atoms with Crippen LogP contribution in [0.1, 0.15) is 40.3 Å². The number of likely N-dealkylation sites (tertiary alicyclic amines) is 1. The third kappa shape index (κ3) is 3.93. The van der Waals surface area contributed by atoms with Crippen molar-refractivity contribution in [1.82, 2.24) is 19.8 Å². The summed E-state index contributed by atoms with van der Waals surface area (Å²) in [5.41, 5.74) is 3.98. The van der Waals surface area contributed by atoms with Crippen molar-refractivity contribution in [3.8, 4) is 0 Å². The lowest BCUT2D eigenvalue weighted by Gasteiger charge is -2.32. The number of carbonyl (C=O) groups is 1. The number of pyridine rings is 1. The molecule has 2 aromatic rings. The van der Waals surface area contributed by atoms with E-state index in [0.29, 0.717) is 12.5 Å². The van der Waals surface area contributed by atoms with Gasteiger partial charge in [-0.2, -0.15) is 0 Å². The number of amides is 1. The molecule has 5 nitrogen and oxygen atoms in total. The average Bonchev–Trinajstić information content (AvgIpc) is 2.91. The predicted molar refractivity (Wildman–Crippen MR) is 99.8 cm³/mol. The quantitative estimate of drug-likeness (QED) is 0.910. The SMILES string of the molecule is CNCC1CCCN(C(=O)c2cc(C)n(Cc3ccccn3)c2C)C1. The fourth-order valence-electron chi connectivity index (χ4n) is 3.79. The maximum absolute atomic E-state index is 13.1. The molecule has 2 aromatic heterocycles. The second-order valence-electron chi connectivity index (χ2n) is 7.01. The van der Waals surface area contributed by atoms with Crippen molar-refractivity contribution >= 4 is 5.91 Å². The highest BCUT2D eigenvalue weighted by Crippen LogP contribution is 2.22. The monoisotopic (exact) mass is 340 g/mol. The first-order chi connectivity index (χ1) is 12.1. The minimum absolute atomic E-state index is 0.168. The van der Waals surface area contributed by atoms with Gasteiger partial charge in [-0.1, -0.05) is 6.07 Å². The van der Waals surface area contributed by atoms with Crippen molar-refractivity contribution in [3.05, 3.63) is 53.1 Å². The van der Waals surface area contributed by atoms with Gasteiger partial charge >= 0.3 is 0 Å². The van der Waals surface area contributed by atoms with Gasteiger partial charge < -0.3 is 14.8 Å². The van der Waals surface area contributed by atoms with Crippen molar-refractivity contribution in [2.75, 3.05) is 26.7 Å². The van der Waals surface area contributed by atoms with Crippen LogP contribution in [0.15, 0.2) is 30.5 Å². The van der Waals surface area contributed by atoms with E-state index >= 15 is 0 Å². The molecule has 1 fully saturated rings. The molecule has 1 aliphatic heterocycles.